The van der Waals surface area contributed by atoms with Crippen molar-refractivity contribution in [2.75, 3.05) is 24.7 Å². The molecule has 0 aromatic heterocycles. The highest BCUT2D eigenvalue weighted by Crippen LogP contribution is 2.21. The van der Waals surface area contributed by atoms with Crippen LogP contribution in [0.3, 0.4) is 0 Å². The third-order valence-electron chi connectivity index (χ3n) is 1.81. The molecule has 78 valence electrons. The highest BCUT2D eigenvalue weighted by Gasteiger charge is 1.96. The maximum atomic E-state index is 5.35. The van der Waals surface area contributed by atoms with E-state index in [4.69, 9.17) is 4.74 Å². The van der Waals surface area contributed by atoms with Crippen LogP contribution >= 0.6 is 24.4 Å². The molecule has 0 saturated heterocycles. The van der Waals surface area contributed by atoms with Crippen molar-refractivity contribution in [3.05, 3.63) is 29.8 Å². The van der Waals surface area contributed by atoms with Gasteiger partial charge in [-0.2, -0.15) is 12.6 Å². The molecule has 0 aliphatic heterocycles. The van der Waals surface area contributed by atoms with E-state index in [1.165, 1.54) is 10.5 Å². The highest BCUT2D eigenvalue weighted by molar-refractivity contribution is 7.99. The van der Waals surface area contributed by atoms with Gasteiger partial charge in [-0.25, -0.2) is 0 Å². The van der Waals surface area contributed by atoms with Gasteiger partial charge in [0.05, 0.1) is 13.2 Å². The van der Waals surface area contributed by atoms with E-state index in [9.17, 15) is 0 Å². The Kier molecular flexibility index (Phi) is 6.15. The van der Waals surface area contributed by atoms with E-state index in [1.807, 2.05) is 11.8 Å². The minimum Gasteiger partial charge on any atom is -0.380 e. The quantitative estimate of drug-likeness (QED) is 0.455. The minimum atomic E-state index is 0.747. The SMILES string of the molecule is Cc1ccccc1SCCOCCS. The number of hydrogen-bond donors (Lipinski definition) is 1. The molecular weight excluding hydrogens is 212 g/mol. The monoisotopic (exact) mass is 228 g/mol. The first-order valence-electron chi connectivity index (χ1n) is 4.71. The maximum Gasteiger partial charge on any atom is 0.0560 e. The fourth-order valence-corrected chi connectivity index (χ4v) is 2.12. The normalized spacial score (nSPS) is 10.4. The van der Waals surface area contributed by atoms with Crippen LogP contribution in [0.25, 0.3) is 0 Å². The van der Waals surface area contributed by atoms with Crippen molar-refractivity contribution in [2.45, 2.75) is 11.8 Å². The third kappa shape index (κ3) is 4.40. The Morgan fingerprint density at radius 3 is 2.79 bits per heavy atom. The number of benzene rings is 1. The lowest BCUT2D eigenvalue weighted by Crippen LogP contribution is -2.00. The molecule has 0 bridgehead atoms. The van der Waals surface area contributed by atoms with Crippen molar-refractivity contribution in [3.63, 3.8) is 0 Å². The van der Waals surface area contributed by atoms with Crippen LogP contribution in [0.15, 0.2) is 29.2 Å². The number of rotatable bonds is 6. The summed E-state index contributed by atoms with van der Waals surface area (Å²) >= 11 is 5.92. The smallest absolute Gasteiger partial charge is 0.0560 e. The first-order valence-corrected chi connectivity index (χ1v) is 6.33. The van der Waals surface area contributed by atoms with E-state index in [0.29, 0.717) is 0 Å². The first kappa shape index (κ1) is 12.0. The Balaban J connectivity index is 2.21. The van der Waals surface area contributed by atoms with E-state index >= 15 is 0 Å². The lowest BCUT2D eigenvalue weighted by atomic mass is 10.2. The summed E-state index contributed by atoms with van der Waals surface area (Å²) in [7, 11) is 0. The molecule has 0 saturated carbocycles. The molecule has 0 fully saturated rings. The molecule has 0 heterocycles. The van der Waals surface area contributed by atoms with Crippen molar-refractivity contribution in [1.82, 2.24) is 0 Å². The zero-order valence-electron chi connectivity index (χ0n) is 8.40. The summed E-state index contributed by atoms with van der Waals surface area (Å²) in [6.07, 6.45) is 0. The van der Waals surface area contributed by atoms with E-state index < -0.39 is 0 Å². The van der Waals surface area contributed by atoms with Crippen LogP contribution in [0.2, 0.25) is 0 Å². The Morgan fingerprint density at radius 1 is 1.29 bits per heavy atom. The molecule has 0 aliphatic carbocycles. The van der Waals surface area contributed by atoms with Crippen molar-refractivity contribution in [1.29, 1.82) is 0 Å². The largest absolute Gasteiger partial charge is 0.380 e. The second-order valence-electron chi connectivity index (χ2n) is 2.95. The van der Waals surface area contributed by atoms with Gasteiger partial charge in [0.1, 0.15) is 0 Å². The van der Waals surface area contributed by atoms with Gasteiger partial charge in [0.15, 0.2) is 0 Å². The summed E-state index contributed by atoms with van der Waals surface area (Å²) in [5, 5.41) is 0. The number of thioether (sulfide) groups is 1. The summed E-state index contributed by atoms with van der Waals surface area (Å²) in [5.74, 6) is 1.81. The molecule has 0 unspecified atom stereocenters. The summed E-state index contributed by atoms with van der Waals surface area (Å²) in [6.45, 7) is 3.69. The first-order chi connectivity index (χ1) is 6.84. The Bertz CT molecular complexity index is 263. The average Bonchev–Trinajstić information content (AvgIpc) is 2.20. The summed E-state index contributed by atoms with van der Waals surface area (Å²) < 4.78 is 5.35. The zero-order chi connectivity index (χ0) is 10.2. The highest BCUT2D eigenvalue weighted by atomic mass is 32.2. The van der Waals surface area contributed by atoms with Gasteiger partial charge in [0.25, 0.3) is 0 Å². The molecule has 3 heteroatoms. The van der Waals surface area contributed by atoms with Gasteiger partial charge in [-0.15, -0.1) is 11.8 Å². The topological polar surface area (TPSA) is 9.23 Å². The van der Waals surface area contributed by atoms with E-state index in [0.717, 1.165) is 24.7 Å². The molecule has 0 aliphatic rings. The van der Waals surface area contributed by atoms with Crippen LogP contribution in [-0.2, 0) is 4.74 Å². The third-order valence-corrected chi connectivity index (χ3v) is 3.14. The van der Waals surface area contributed by atoms with Gasteiger partial charge in [-0.3, -0.25) is 0 Å². The van der Waals surface area contributed by atoms with Crippen LogP contribution in [-0.4, -0.2) is 24.7 Å². The number of hydrogen-bond acceptors (Lipinski definition) is 3. The van der Waals surface area contributed by atoms with Crippen LogP contribution in [0.4, 0.5) is 0 Å². The van der Waals surface area contributed by atoms with Crippen molar-refractivity contribution >= 4 is 24.4 Å². The number of aryl methyl sites for hydroxylation is 1. The lowest BCUT2D eigenvalue weighted by Gasteiger charge is -2.05. The van der Waals surface area contributed by atoms with E-state index in [2.05, 4.69) is 43.8 Å². The van der Waals surface area contributed by atoms with Crippen LogP contribution in [0.1, 0.15) is 5.56 Å². The molecule has 1 nitrogen and oxygen atoms in total. The second kappa shape index (κ2) is 7.21. The molecule has 14 heavy (non-hydrogen) atoms. The van der Waals surface area contributed by atoms with Crippen molar-refractivity contribution in [3.8, 4) is 0 Å². The van der Waals surface area contributed by atoms with Gasteiger partial charge < -0.3 is 4.74 Å². The average molecular weight is 228 g/mol. The molecule has 1 aromatic rings. The predicted octanol–water partition coefficient (Wildman–Crippen LogP) is 3.03. The molecule has 0 amide bonds. The standard InChI is InChI=1S/C11H16OS2/c1-10-4-2-3-5-11(10)14-9-7-12-6-8-13/h2-5,13H,6-9H2,1H3. The Morgan fingerprint density at radius 2 is 2.07 bits per heavy atom. The molecule has 0 atom stereocenters. The maximum absolute atomic E-state index is 5.35. The molecule has 1 aromatic carbocycles. The van der Waals surface area contributed by atoms with Crippen molar-refractivity contribution < 1.29 is 4.74 Å². The lowest BCUT2D eigenvalue weighted by molar-refractivity contribution is 0.167. The Labute approximate surface area is 95.6 Å². The van der Waals surface area contributed by atoms with E-state index in [1.54, 1.807) is 0 Å². The predicted molar refractivity (Wildman–Crippen MR) is 66.6 cm³/mol. The van der Waals surface area contributed by atoms with Crippen molar-refractivity contribution in [2.24, 2.45) is 0 Å². The van der Waals surface area contributed by atoms with Crippen LogP contribution < -0.4 is 0 Å². The van der Waals surface area contributed by atoms with Gasteiger partial charge in [0, 0.05) is 16.4 Å². The summed E-state index contributed by atoms with van der Waals surface area (Å²) in [4.78, 5) is 1.35. The van der Waals surface area contributed by atoms with Crippen LogP contribution in [0, 0.1) is 6.92 Å². The van der Waals surface area contributed by atoms with Gasteiger partial charge in [-0.05, 0) is 18.6 Å². The van der Waals surface area contributed by atoms with Gasteiger partial charge in [-0.1, -0.05) is 18.2 Å². The van der Waals surface area contributed by atoms with Gasteiger partial charge in [0.2, 0.25) is 0 Å². The second-order valence-corrected chi connectivity index (χ2v) is 4.53. The Hall–Kier alpha value is -0.120. The fourth-order valence-electron chi connectivity index (χ4n) is 1.10. The summed E-state index contributed by atoms with van der Waals surface area (Å²) in [6, 6.07) is 8.43. The molecular formula is C11H16OS2. The zero-order valence-corrected chi connectivity index (χ0v) is 10.1. The minimum absolute atomic E-state index is 0.747. The summed E-state index contributed by atoms with van der Waals surface area (Å²) in [5.41, 5.74) is 1.34. The molecule has 0 radical (unpaired) electrons. The molecule has 0 N–H and O–H groups in total. The van der Waals surface area contributed by atoms with Gasteiger partial charge >= 0.3 is 0 Å². The molecule has 1 rings (SSSR count). The molecule has 0 spiro atoms. The number of thiol groups is 1. The fraction of sp³-hybridized carbons (Fsp3) is 0.455. The van der Waals surface area contributed by atoms with Crippen LogP contribution in [0.5, 0.6) is 0 Å². The number of ether oxygens (including phenoxy) is 1. The van der Waals surface area contributed by atoms with E-state index in [-0.39, 0.29) is 0 Å².